The highest BCUT2D eigenvalue weighted by atomic mass is 32.1. The molecule has 0 amide bonds. The summed E-state index contributed by atoms with van der Waals surface area (Å²) < 4.78 is 13.6. The molecule has 0 aliphatic carbocycles. The van der Waals surface area contributed by atoms with Gasteiger partial charge in [-0.2, -0.15) is 0 Å². The summed E-state index contributed by atoms with van der Waals surface area (Å²) >= 11 is 1.76. The van der Waals surface area contributed by atoms with Gasteiger partial charge in [-0.3, -0.25) is 4.90 Å². The lowest BCUT2D eigenvalue weighted by Gasteiger charge is -2.26. The molecule has 2 aromatic carbocycles. The third kappa shape index (κ3) is 4.37. The van der Waals surface area contributed by atoms with E-state index >= 15 is 0 Å². The first-order valence-electron chi connectivity index (χ1n) is 11.6. The van der Waals surface area contributed by atoms with Crippen molar-refractivity contribution in [2.45, 2.75) is 45.6 Å². The highest BCUT2D eigenvalue weighted by molar-refractivity contribution is 7.19. The minimum atomic E-state index is -0.164. The predicted molar refractivity (Wildman–Crippen MR) is 131 cm³/mol. The van der Waals surface area contributed by atoms with Crippen LogP contribution in [0.5, 0.6) is 11.5 Å². The van der Waals surface area contributed by atoms with E-state index in [2.05, 4.69) is 43.0 Å². The minimum Gasteiger partial charge on any atom is -0.508 e. The summed E-state index contributed by atoms with van der Waals surface area (Å²) in [6, 6.07) is 14.0. The lowest BCUT2D eigenvalue weighted by atomic mass is 9.97. The first kappa shape index (κ1) is 21.4. The molecule has 0 saturated carbocycles. The molecule has 4 nitrogen and oxygen atoms in total. The number of benzene rings is 2. The second kappa shape index (κ2) is 9.16. The summed E-state index contributed by atoms with van der Waals surface area (Å²) in [5, 5.41) is 11.1. The SMILES string of the molecule is CC1=C(C)OC(c2ccc(OCCN3CCCCC3)cc2)c2c(sc3cc(O)ccc23)C1. The van der Waals surface area contributed by atoms with Crippen LogP contribution in [0.4, 0.5) is 0 Å². The summed E-state index contributed by atoms with van der Waals surface area (Å²) in [4.78, 5) is 3.81. The third-order valence-corrected chi connectivity index (χ3v) is 7.85. The largest absolute Gasteiger partial charge is 0.508 e. The molecule has 1 saturated heterocycles. The Kier molecular flexibility index (Phi) is 6.11. The first-order valence-corrected chi connectivity index (χ1v) is 12.4. The van der Waals surface area contributed by atoms with Crippen LogP contribution in [0.15, 0.2) is 53.8 Å². The van der Waals surface area contributed by atoms with Gasteiger partial charge in [-0.05, 0) is 81.2 Å². The number of likely N-dealkylation sites (tertiary alicyclic amines) is 1. The number of hydrogen-bond donors (Lipinski definition) is 1. The zero-order valence-electron chi connectivity index (χ0n) is 18.9. The Morgan fingerprint density at radius 1 is 1.06 bits per heavy atom. The number of fused-ring (bicyclic) bond motifs is 3. The standard InChI is InChI=1S/C27H31NO3S/c1-18-16-25-26(23-11-8-21(29)17-24(23)32-25)27(31-19(18)2)20-6-9-22(10-7-20)30-15-14-28-12-4-3-5-13-28/h6-11,17,27,29H,3-5,12-16H2,1-2H3. The van der Waals surface area contributed by atoms with Crippen LogP contribution in [0.25, 0.3) is 10.1 Å². The maximum Gasteiger partial charge on any atom is 0.150 e. The fraction of sp³-hybridized carbons (Fsp3) is 0.407. The molecule has 1 atom stereocenters. The molecule has 1 aromatic heterocycles. The molecule has 0 bridgehead atoms. The Hall–Kier alpha value is -2.50. The number of piperidine rings is 1. The quantitative estimate of drug-likeness (QED) is 0.487. The molecule has 32 heavy (non-hydrogen) atoms. The average molecular weight is 450 g/mol. The Balaban J connectivity index is 1.38. The number of phenolic OH excluding ortho intramolecular Hbond substituents is 1. The number of rotatable bonds is 5. The van der Waals surface area contributed by atoms with Crippen molar-refractivity contribution in [1.82, 2.24) is 4.90 Å². The molecule has 168 valence electrons. The Morgan fingerprint density at radius 2 is 1.84 bits per heavy atom. The molecule has 0 spiro atoms. The second-order valence-electron chi connectivity index (χ2n) is 8.95. The molecular weight excluding hydrogens is 418 g/mol. The summed E-state index contributed by atoms with van der Waals surface area (Å²) in [5.41, 5.74) is 3.60. The molecule has 5 rings (SSSR count). The van der Waals surface area contributed by atoms with Gasteiger partial charge in [-0.15, -0.1) is 11.3 Å². The van der Waals surface area contributed by atoms with Crippen molar-refractivity contribution < 1.29 is 14.6 Å². The minimum absolute atomic E-state index is 0.164. The zero-order chi connectivity index (χ0) is 22.1. The van der Waals surface area contributed by atoms with Gasteiger partial charge in [0.2, 0.25) is 0 Å². The van der Waals surface area contributed by atoms with Crippen LogP contribution in [0.1, 0.15) is 55.2 Å². The molecule has 1 unspecified atom stereocenters. The van der Waals surface area contributed by atoms with Crippen molar-refractivity contribution in [3.05, 3.63) is 69.8 Å². The first-order chi connectivity index (χ1) is 15.6. The molecule has 1 N–H and O–H groups in total. The molecule has 1 fully saturated rings. The maximum atomic E-state index is 9.96. The van der Waals surface area contributed by atoms with Gasteiger partial charge >= 0.3 is 0 Å². The van der Waals surface area contributed by atoms with Gasteiger partial charge in [-0.25, -0.2) is 0 Å². The average Bonchev–Trinajstić information content (AvgIpc) is 3.09. The molecule has 2 aliphatic heterocycles. The van der Waals surface area contributed by atoms with Crippen molar-refractivity contribution >= 4 is 21.4 Å². The van der Waals surface area contributed by atoms with Gasteiger partial charge in [-0.1, -0.05) is 18.6 Å². The van der Waals surface area contributed by atoms with Gasteiger partial charge < -0.3 is 14.6 Å². The van der Waals surface area contributed by atoms with Crippen LogP contribution >= 0.6 is 11.3 Å². The van der Waals surface area contributed by atoms with Crippen LogP contribution in [-0.2, 0) is 11.2 Å². The van der Waals surface area contributed by atoms with E-state index in [1.807, 2.05) is 12.1 Å². The summed E-state index contributed by atoms with van der Waals surface area (Å²) in [5.74, 6) is 2.20. The van der Waals surface area contributed by atoms with Crippen molar-refractivity contribution in [1.29, 1.82) is 0 Å². The van der Waals surface area contributed by atoms with Gasteiger partial charge in [0.15, 0.2) is 6.10 Å². The normalized spacial score (nSPS) is 19.5. The van der Waals surface area contributed by atoms with E-state index in [9.17, 15) is 5.11 Å². The lowest BCUT2D eigenvalue weighted by Crippen LogP contribution is -2.33. The van der Waals surface area contributed by atoms with E-state index < -0.39 is 0 Å². The van der Waals surface area contributed by atoms with E-state index in [-0.39, 0.29) is 6.10 Å². The molecule has 3 heterocycles. The van der Waals surface area contributed by atoms with Crippen LogP contribution in [0.2, 0.25) is 0 Å². The van der Waals surface area contributed by atoms with E-state index in [0.717, 1.165) is 46.7 Å². The van der Waals surface area contributed by atoms with Gasteiger partial charge in [0.25, 0.3) is 0 Å². The Morgan fingerprint density at radius 3 is 2.62 bits per heavy atom. The number of nitrogens with zero attached hydrogens (tertiary/aromatic N) is 1. The number of ether oxygens (including phenoxy) is 2. The number of aromatic hydroxyl groups is 1. The Bertz CT molecular complexity index is 1130. The summed E-state index contributed by atoms with van der Waals surface area (Å²) in [7, 11) is 0. The fourth-order valence-corrected chi connectivity index (χ4v) is 6.07. The maximum absolute atomic E-state index is 9.96. The molecule has 0 radical (unpaired) electrons. The van der Waals surface area contributed by atoms with Crippen LogP contribution < -0.4 is 4.74 Å². The summed E-state index contributed by atoms with van der Waals surface area (Å²) in [6.45, 7) is 8.31. The zero-order valence-corrected chi connectivity index (χ0v) is 19.7. The number of thiophene rings is 1. The van der Waals surface area contributed by atoms with Crippen molar-refractivity contribution in [3.63, 3.8) is 0 Å². The molecule has 2 aliphatic rings. The van der Waals surface area contributed by atoms with Gasteiger partial charge in [0.1, 0.15) is 18.1 Å². The monoisotopic (exact) mass is 449 g/mol. The molecule has 3 aromatic rings. The van der Waals surface area contributed by atoms with E-state index in [4.69, 9.17) is 9.47 Å². The number of hydrogen-bond acceptors (Lipinski definition) is 5. The molecular formula is C27H31NO3S. The Labute approximate surface area is 194 Å². The smallest absolute Gasteiger partial charge is 0.150 e. The van der Waals surface area contributed by atoms with Crippen LogP contribution in [0.3, 0.4) is 0 Å². The van der Waals surface area contributed by atoms with Crippen LogP contribution in [-0.4, -0.2) is 36.2 Å². The van der Waals surface area contributed by atoms with E-state index in [1.54, 1.807) is 17.4 Å². The van der Waals surface area contributed by atoms with E-state index in [0.29, 0.717) is 5.75 Å². The summed E-state index contributed by atoms with van der Waals surface area (Å²) in [6.07, 6.45) is 4.70. The second-order valence-corrected chi connectivity index (χ2v) is 10.1. The van der Waals surface area contributed by atoms with Gasteiger partial charge in [0.05, 0.1) is 5.76 Å². The van der Waals surface area contributed by atoms with E-state index in [1.165, 1.54) is 48.4 Å². The fourth-order valence-electron chi connectivity index (χ4n) is 4.73. The van der Waals surface area contributed by atoms with Crippen molar-refractivity contribution in [2.75, 3.05) is 26.2 Å². The van der Waals surface area contributed by atoms with Gasteiger partial charge in [0, 0.05) is 33.5 Å². The third-order valence-electron chi connectivity index (χ3n) is 6.68. The molecule has 5 heteroatoms. The van der Waals surface area contributed by atoms with Crippen LogP contribution in [0, 0.1) is 0 Å². The lowest BCUT2D eigenvalue weighted by molar-refractivity contribution is 0.152. The van der Waals surface area contributed by atoms with Crippen molar-refractivity contribution in [2.24, 2.45) is 0 Å². The number of allylic oxidation sites excluding steroid dienone is 2. The number of phenols is 1. The highest BCUT2D eigenvalue weighted by Gasteiger charge is 2.28. The topological polar surface area (TPSA) is 41.9 Å². The predicted octanol–water partition coefficient (Wildman–Crippen LogP) is 6.43. The van der Waals surface area contributed by atoms with Crippen molar-refractivity contribution in [3.8, 4) is 11.5 Å². The highest BCUT2D eigenvalue weighted by Crippen LogP contribution is 2.45.